The van der Waals surface area contributed by atoms with Gasteiger partial charge in [0.25, 0.3) is 15.9 Å². The molecule has 172 valence electrons. The quantitative estimate of drug-likeness (QED) is 0.601. The molecular weight excluding hydrogens is 436 g/mol. The molecule has 1 aliphatic heterocycles. The summed E-state index contributed by atoms with van der Waals surface area (Å²) in [4.78, 5) is 12.6. The van der Waals surface area contributed by atoms with E-state index in [0.717, 1.165) is 4.31 Å². The minimum absolute atomic E-state index is 0.103. The van der Waals surface area contributed by atoms with Crippen molar-refractivity contribution in [1.29, 1.82) is 0 Å². The number of hydrogen-bond donors (Lipinski definition) is 1. The first kappa shape index (κ1) is 23.3. The fourth-order valence-electron chi connectivity index (χ4n) is 3.44. The van der Waals surface area contributed by atoms with Crippen LogP contribution in [0.3, 0.4) is 0 Å². The van der Waals surface area contributed by atoms with E-state index in [2.05, 4.69) is 5.32 Å². The number of allylic oxidation sites excluding steroid dienone is 1. The number of anilines is 1. The number of hydrogen-bond acceptors (Lipinski definition) is 7. The van der Waals surface area contributed by atoms with Crippen LogP contribution in [0.25, 0.3) is 5.57 Å². The van der Waals surface area contributed by atoms with Crippen LogP contribution in [0.1, 0.15) is 12.5 Å². The largest absolute Gasteiger partial charge is 0.493 e. The number of methoxy groups -OCH3 is 3. The third-order valence-electron chi connectivity index (χ3n) is 5.12. The standard InChI is InChI=1S/C22H26N2O7S/c1-14-15-12-19(29-4)20(30-5)13-16(15)24(2)32(26,27)21(14)22(25)23-10-11-31-18-9-7-6-8-17(18)28-3/h6-9,12-13H,10-11H2,1-5H3,(H,23,25). The second-order valence-electron chi connectivity index (χ2n) is 6.91. The maximum atomic E-state index is 13.1. The molecule has 0 unspecified atom stereocenters. The molecule has 2 aromatic carbocycles. The number of amides is 1. The van der Waals surface area contributed by atoms with Crippen molar-refractivity contribution in [3.8, 4) is 23.0 Å². The number of carbonyl (C=O) groups is 1. The van der Waals surface area contributed by atoms with Crippen LogP contribution in [-0.2, 0) is 14.8 Å². The number of benzene rings is 2. The van der Waals surface area contributed by atoms with E-state index in [1.54, 1.807) is 37.3 Å². The summed E-state index contributed by atoms with van der Waals surface area (Å²) in [5.74, 6) is 1.21. The molecule has 0 fully saturated rings. The number of carbonyl (C=O) groups excluding carboxylic acids is 1. The molecule has 0 radical (unpaired) electrons. The van der Waals surface area contributed by atoms with Gasteiger partial charge in [-0.2, -0.15) is 0 Å². The van der Waals surface area contributed by atoms with Gasteiger partial charge in [-0.05, 0) is 30.7 Å². The van der Waals surface area contributed by atoms with E-state index < -0.39 is 15.9 Å². The van der Waals surface area contributed by atoms with Crippen LogP contribution in [0.15, 0.2) is 41.3 Å². The van der Waals surface area contributed by atoms with E-state index in [1.807, 2.05) is 6.07 Å². The van der Waals surface area contributed by atoms with Crippen molar-refractivity contribution in [1.82, 2.24) is 5.32 Å². The molecule has 1 heterocycles. The Morgan fingerprint density at radius 1 is 0.969 bits per heavy atom. The molecule has 1 N–H and O–H groups in total. The normalized spacial score (nSPS) is 14.5. The van der Waals surface area contributed by atoms with Gasteiger partial charge in [-0.1, -0.05) is 12.1 Å². The van der Waals surface area contributed by atoms with Crippen LogP contribution in [0.4, 0.5) is 5.69 Å². The van der Waals surface area contributed by atoms with Crippen molar-refractivity contribution in [3.05, 3.63) is 46.9 Å². The first-order valence-corrected chi connectivity index (χ1v) is 11.2. The first-order chi connectivity index (χ1) is 15.3. The van der Waals surface area contributed by atoms with Gasteiger partial charge in [0.2, 0.25) is 0 Å². The molecule has 0 saturated carbocycles. The number of nitrogens with zero attached hydrogens (tertiary/aromatic N) is 1. The number of fused-ring (bicyclic) bond motifs is 1. The molecule has 0 saturated heterocycles. The summed E-state index contributed by atoms with van der Waals surface area (Å²) in [6, 6.07) is 10.3. The summed E-state index contributed by atoms with van der Waals surface area (Å²) < 4.78 is 48.7. The molecule has 0 aliphatic carbocycles. The summed E-state index contributed by atoms with van der Waals surface area (Å²) in [6.45, 7) is 1.83. The van der Waals surface area contributed by atoms with Gasteiger partial charge in [0.15, 0.2) is 27.9 Å². The Kier molecular flexibility index (Phi) is 6.83. The lowest BCUT2D eigenvalue weighted by molar-refractivity contribution is -0.116. The van der Waals surface area contributed by atoms with E-state index >= 15 is 0 Å². The number of sulfonamides is 1. The SMILES string of the molecule is COc1cc2c(cc1OC)N(C)S(=O)(=O)C(C(=O)NCCOc1ccccc1OC)=C2C. The van der Waals surface area contributed by atoms with Crippen molar-refractivity contribution in [2.24, 2.45) is 0 Å². The number of ether oxygens (including phenoxy) is 4. The van der Waals surface area contributed by atoms with Gasteiger partial charge in [-0.25, -0.2) is 8.42 Å². The Balaban J connectivity index is 1.83. The highest BCUT2D eigenvalue weighted by molar-refractivity contribution is 7.97. The molecule has 10 heteroatoms. The van der Waals surface area contributed by atoms with Gasteiger partial charge < -0.3 is 24.3 Å². The topological polar surface area (TPSA) is 103 Å². The highest BCUT2D eigenvalue weighted by atomic mass is 32.2. The highest BCUT2D eigenvalue weighted by Crippen LogP contribution is 2.44. The van der Waals surface area contributed by atoms with Crippen LogP contribution >= 0.6 is 0 Å². The van der Waals surface area contributed by atoms with Crippen molar-refractivity contribution in [3.63, 3.8) is 0 Å². The molecule has 0 aromatic heterocycles. The van der Waals surface area contributed by atoms with Gasteiger partial charge >= 0.3 is 0 Å². The van der Waals surface area contributed by atoms with E-state index in [9.17, 15) is 13.2 Å². The lowest BCUT2D eigenvalue weighted by Gasteiger charge is -2.30. The Morgan fingerprint density at radius 2 is 1.56 bits per heavy atom. The van der Waals surface area contributed by atoms with Gasteiger partial charge in [-0.15, -0.1) is 0 Å². The molecule has 3 rings (SSSR count). The summed E-state index contributed by atoms with van der Waals surface area (Å²) in [5.41, 5.74) is 1.29. The fourth-order valence-corrected chi connectivity index (χ4v) is 4.93. The van der Waals surface area contributed by atoms with Gasteiger partial charge in [-0.3, -0.25) is 9.10 Å². The average molecular weight is 463 g/mol. The summed E-state index contributed by atoms with van der Waals surface area (Å²) in [7, 11) is 1.82. The van der Waals surface area contributed by atoms with Crippen molar-refractivity contribution in [2.75, 3.05) is 45.8 Å². The lowest BCUT2D eigenvalue weighted by Crippen LogP contribution is -2.40. The zero-order chi connectivity index (χ0) is 23.5. The third-order valence-corrected chi connectivity index (χ3v) is 7.05. The molecule has 2 aromatic rings. The molecule has 1 amide bonds. The van der Waals surface area contributed by atoms with E-state index in [-0.39, 0.29) is 18.1 Å². The minimum atomic E-state index is -4.06. The first-order valence-electron chi connectivity index (χ1n) is 9.76. The van der Waals surface area contributed by atoms with Crippen LogP contribution in [-0.4, -0.2) is 55.9 Å². The monoisotopic (exact) mass is 462 g/mol. The zero-order valence-corrected chi connectivity index (χ0v) is 19.4. The van der Waals surface area contributed by atoms with E-state index in [0.29, 0.717) is 39.8 Å². The predicted molar refractivity (Wildman–Crippen MR) is 121 cm³/mol. The molecule has 1 aliphatic rings. The predicted octanol–water partition coefficient (Wildman–Crippen LogP) is 2.42. The number of para-hydroxylation sites is 2. The van der Waals surface area contributed by atoms with Crippen molar-refractivity contribution < 1.29 is 32.2 Å². The van der Waals surface area contributed by atoms with Crippen LogP contribution in [0.2, 0.25) is 0 Å². The van der Waals surface area contributed by atoms with Gasteiger partial charge in [0.1, 0.15) is 6.61 Å². The maximum Gasteiger partial charge on any atom is 0.269 e. The van der Waals surface area contributed by atoms with Crippen LogP contribution in [0, 0.1) is 0 Å². The Morgan fingerprint density at radius 3 is 2.19 bits per heavy atom. The molecule has 0 bridgehead atoms. The molecule has 0 spiro atoms. The molecule has 0 atom stereocenters. The fraction of sp³-hybridized carbons (Fsp3) is 0.318. The summed E-state index contributed by atoms with van der Waals surface area (Å²) in [5, 5.41) is 2.62. The second-order valence-corrected chi connectivity index (χ2v) is 8.81. The van der Waals surface area contributed by atoms with Crippen LogP contribution in [0.5, 0.6) is 23.0 Å². The number of nitrogens with one attached hydrogen (secondary N) is 1. The third kappa shape index (κ3) is 4.18. The summed E-state index contributed by atoms with van der Waals surface area (Å²) in [6.07, 6.45) is 0. The number of rotatable bonds is 8. The zero-order valence-electron chi connectivity index (χ0n) is 18.6. The van der Waals surface area contributed by atoms with E-state index in [1.165, 1.54) is 28.4 Å². The lowest BCUT2D eigenvalue weighted by atomic mass is 10.0. The maximum absolute atomic E-state index is 13.1. The second kappa shape index (κ2) is 9.39. The van der Waals surface area contributed by atoms with Gasteiger partial charge in [0.05, 0.1) is 33.6 Å². The van der Waals surface area contributed by atoms with Crippen molar-refractivity contribution >= 4 is 27.2 Å². The van der Waals surface area contributed by atoms with Gasteiger partial charge in [0, 0.05) is 18.7 Å². The summed E-state index contributed by atoms with van der Waals surface area (Å²) >= 11 is 0. The Bertz CT molecular complexity index is 1160. The Hall–Kier alpha value is -3.40. The van der Waals surface area contributed by atoms with Crippen LogP contribution < -0.4 is 28.6 Å². The molecule has 9 nitrogen and oxygen atoms in total. The smallest absolute Gasteiger partial charge is 0.269 e. The average Bonchev–Trinajstić information content (AvgIpc) is 2.79. The Labute approximate surface area is 187 Å². The molecular formula is C22H26N2O7S. The van der Waals surface area contributed by atoms with E-state index in [4.69, 9.17) is 18.9 Å². The minimum Gasteiger partial charge on any atom is -0.493 e. The van der Waals surface area contributed by atoms with Crippen molar-refractivity contribution in [2.45, 2.75) is 6.92 Å². The highest BCUT2D eigenvalue weighted by Gasteiger charge is 2.38. The molecule has 32 heavy (non-hydrogen) atoms.